The number of rotatable bonds is 3. The molecular formula is C17H22N2S. The van der Waals surface area contributed by atoms with Crippen molar-refractivity contribution in [3.63, 3.8) is 0 Å². The first-order valence-corrected chi connectivity index (χ1v) is 7.66. The normalized spacial score (nSPS) is 11.7. The number of hydrogen-bond donors (Lipinski definition) is 1. The van der Waals surface area contributed by atoms with Gasteiger partial charge in [0.2, 0.25) is 0 Å². The molecule has 1 aromatic carbocycles. The van der Waals surface area contributed by atoms with Gasteiger partial charge >= 0.3 is 0 Å². The highest BCUT2D eigenvalue weighted by atomic mass is 32.2. The molecule has 0 saturated heterocycles. The number of aromatic nitrogens is 1. The van der Waals surface area contributed by atoms with E-state index in [4.69, 9.17) is 5.73 Å². The van der Waals surface area contributed by atoms with Gasteiger partial charge < -0.3 is 5.73 Å². The van der Waals surface area contributed by atoms with Gasteiger partial charge in [0.15, 0.2) is 0 Å². The maximum Gasteiger partial charge on any atom is 0.104 e. The fraction of sp³-hybridized carbons (Fsp3) is 0.353. The van der Waals surface area contributed by atoms with Crippen molar-refractivity contribution < 1.29 is 0 Å². The molecule has 106 valence electrons. The Hall–Kier alpha value is -1.32. The third-order valence-electron chi connectivity index (χ3n) is 3.26. The summed E-state index contributed by atoms with van der Waals surface area (Å²) in [5, 5.41) is 1.05. The summed E-state index contributed by atoms with van der Waals surface area (Å²) in [7, 11) is 0. The van der Waals surface area contributed by atoms with Gasteiger partial charge in [-0.2, -0.15) is 0 Å². The Bertz CT molecular complexity index is 583. The lowest BCUT2D eigenvalue weighted by molar-refractivity contribution is 0.590. The zero-order valence-corrected chi connectivity index (χ0v) is 13.4. The first-order valence-electron chi connectivity index (χ1n) is 6.84. The van der Waals surface area contributed by atoms with E-state index >= 15 is 0 Å². The second kappa shape index (κ2) is 5.98. The Balaban J connectivity index is 2.18. The van der Waals surface area contributed by atoms with Gasteiger partial charge in [0.05, 0.1) is 0 Å². The highest BCUT2D eigenvalue weighted by molar-refractivity contribution is 7.99. The van der Waals surface area contributed by atoms with Crippen LogP contribution in [0, 0.1) is 6.92 Å². The standard InChI is InChI=1S/C17H22N2S/c1-12-9-13(10-18)11-19-16(12)20-15-7-5-14(6-8-15)17(2,3)4/h5-9,11H,10,18H2,1-4H3. The average Bonchev–Trinajstić information content (AvgIpc) is 2.40. The van der Waals surface area contributed by atoms with Crippen LogP contribution in [0.5, 0.6) is 0 Å². The number of hydrogen-bond acceptors (Lipinski definition) is 3. The molecule has 2 aromatic rings. The van der Waals surface area contributed by atoms with Crippen LogP contribution in [0.3, 0.4) is 0 Å². The van der Waals surface area contributed by atoms with Gasteiger partial charge in [-0.25, -0.2) is 4.98 Å². The van der Waals surface area contributed by atoms with Crippen LogP contribution >= 0.6 is 11.8 Å². The van der Waals surface area contributed by atoms with Gasteiger partial charge in [-0.15, -0.1) is 0 Å². The van der Waals surface area contributed by atoms with E-state index in [0.717, 1.165) is 10.6 Å². The topological polar surface area (TPSA) is 38.9 Å². The molecule has 0 saturated carbocycles. The summed E-state index contributed by atoms with van der Waals surface area (Å²) in [6, 6.07) is 10.9. The molecule has 0 aliphatic carbocycles. The molecule has 0 spiro atoms. The van der Waals surface area contributed by atoms with Crippen LogP contribution < -0.4 is 5.73 Å². The molecule has 0 amide bonds. The lowest BCUT2D eigenvalue weighted by atomic mass is 9.87. The van der Waals surface area contributed by atoms with Gasteiger partial charge in [0.1, 0.15) is 5.03 Å². The molecule has 0 fully saturated rings. The summed E-state index contributed by atoms with van der Waals surface area (Å²) in [4.78, 5) is 5.72. The maximum atomic E-state index is 5.63. The summed E-state index contributed by atoms with van der Waals surface area (Å²) in [6.07, 6.45) is 1.86. The third-order valence-corrected chi connectivity index (χ3v) is 4.39. The van der Waals surface area contributed by atoms with Crippen molar-refractivity contribution in [2.45, 2.75) is 49.6 Å². The highest BCUT2D eigenvalue weighted by Gasteiger charge is 2.13. The predicted molar refractivity (Wildman–Crippen MR) is 86.1 cm³/mol. The number of benzene rings is 1. The molecule has 0 radical (unpaired) electrons. The van der Waals surface area contributed by atoms with E-state index in [2.05, 4.69) is 63.0 Å². The molecule has 0 aliphatic rings. The first kappa shape index (κ1) is 15.1. The highest BCUT2D eigenvalue weighted by Crippen LogP contribution is 2.31. The van der Waals surface area contributed by atoms with E-state index in [1.807, 2.05) is 6.20 Å². The molecular weight excluding hydrogens is 264 g/mol. The Morgan fingerprint density at radius 3 is 2.30 bits per heavy atom. The molecule has 2 nitrogen and oxygen atoms in total. The molecule has 3 heteroatoms. The molecule has 1 heterocycles. The molecule has 0 unspecified atom stereocenters. The van der Waals surface area contributed by atoms with Crippen molar-refractivity contribution in [3.8, 4) is 0 Å². The van der Waals surface area contributed by atoms with E-state index in [1.165, 1.54) is 16.0 Å². The fourth-order valence-electron chi connectivity index (χ4n) is 1.97. The SMILES string of the molecule is Cc1cc(CN)cnc1Sc1ccc(C(C)(C)C)cc1. The van der Waals surface area contributed by atoms with E-state index in [-0.39, 0.29) is 5.41 Å². The van der Waals surface area contributed by atoms with Gasteiger partial charge in [-0.3, -0.25) is 0 Å². The Morgan fingerprint density at radius 2 is 1.80 bits per heavy atom. The zero-order valence-electron chi connectivity index (χ0n) is 12.6. The van der Waals surface area contributed by atoms with Crippen LogP contribution in [0.1, 0.15) is 37.5 Å². The first-order chi connectivity index (χ1) is 9.40. The van der Waals surface area contributed by atoms with Crippen LogP contribution in [-0.2, 0) is 12.0 Å². The van der Waals surface area contributed by atoms with Crippen molar-refractivity contribution in [3.05, 3.63) is 53.2 Å². The van der Waals surface area contributed by atoms with Gasteiger partial charge in [-0.05, 0) is 41.2 Å². The smallest absolute Gasteiger partial charge is 0.104 e. The van der Waals surface area contributed by atoms with Crippen LogP contribution in [0.25, 0.3) is 0 Å². The molecule has 0 atom stereocenters. The molecule has 0 aliphatic heterocycles. The zero-order chi connectivity index (χ0) is 14.8. The van der Waals surface area contributed by atoms with Crippen LogP contribution in [-0.4, -0.2) is 4.98 Å². The molecule has 20 heavy (non-hydrogen) atoms. The monoisotopic (exact) mass is 286 g/mol. The molecule has 2 rings (SSSR count). The van der Waals surface area contributed by atoms with Crippen molar-refractivity contribution in [1.82, 2.24) is 4.98 Å². The molecule has 1 aromatic heterocycles. The van der Waals surface area contributed by atoms with Crippen molar-refractivity contribution in [2.24, 2.45) is 5.73 Å². The third kappa shape index (κ3) is 3.62. The van der Waals surface area contributed by atoms with Crippen molar-refractivity contribution >= 4 is 11.8 Å². The lowest BCUT2D eigenvalue weighted by Gasteiger charge is -2.19. The van der Waals surface area contributed by atoms with E-state index < -0.39 is 0 Å². The minimum Gasteiger partial charge on any atom is -0.326 e. The number of pyridine rings is 1. The number of nitrogens with zero attached hydrogens (tertiary/aromatic N) is 1. The van der Waals surface area contributed by atoms with Gasteiger partial charge in [-0.1, -0.05) is 50.7 Å². The largest absolute Gasteiger partial charge is 0.326 e. The molecule has 0 bridgehead atoms. The second-order valence-corrected chi connectivity index (χ2v) is 7.11. The van der Waals surface area contributed by atoms with E-state index in [1.54, 1.807) is 11.8 Å². The van der Waals surface area contributed by atoms with Crippen molar-refractivity contribution in [2.75, 3.05) is 0 Å². The van der Waals surface area contributed by atoms with Crippen LogP contribution in [0.2, 0.25) is 0 Å². The maximum absolute atomic E-state index is 5.63. The Morgan fingerprint density at radius 1 is 1.15 bits per heavy atom. The minimum atomic E-state index is 0.195. The van der Waals surface area contributed by atoms with Gasteiger partial charge in [0, 0.05) is 17.6 Å². The quantitative estimate of drug-likeness (QED) is 0.914. The number of nitrogens with two attached hydrogens (primary N) is 1. The lowest BCUT2D eigenvalue weighted by Crippen LogP contribution is -2.10. The predicted octanol–water partition coefficient (Wildman–Crippen LogP) is 4.30. The average molecular weight is 286 g/mol. The second-order valence-electron chi connectivity index (χ2n) is 6.05. The van der Waals surface area contributed by atoms with E-state index in [0.29, 0.717) is 6.54 Å². The molecule has 2 N–H and O–H groups in total. The Labute approximate surface area is 125 Å². The van der Waals surface area contributed by atoms with Crippen LogP contribution in [0.15, 0.2) is 46.5 Å². The van der Waals surface area contributed by atoms with Crippen molar-refractivity contribution in [1.29, 1.82) is 0 Å². The van der Waals surface area contributed by atoms with E-state index in [9.17, 15) is 0 Å². The van der Waals surface area contributed by atoms with Crippen LogP contribution in [0.4, 0.5) is 0 Å². The summed E-state index contributed by atoms with van der Waals surface area (Å²) >= 11 is 1.70. The minimum absolute atomic E-state index is 0.195. The summed E-state index contributed by atoms with van der Waals surface area (Å²) < 4.78 is 0. The fourth-order valence-corrected chi connectivity index (χ4v) is 2.79. The summed E-state index contributed by atoms with van der Waals surface area (Å²) in [5.74, 6) is 0. The Kier molecular flexibility index (Phi) is 4.51. The van der Waals surface area contributed by atoms with Gasteiger partial charge in [0.25, 0.3) is 0 Å². The number of aryl methyl sites for hydroxylation is 1. The summed E-state index contributed by atoms with van der Waals surface area (Å²) in [6.45, 7) is 9.31. The summed E-state index contributed by atoms with van der Waals surface area (Å²) in [5.41, 5.74) is 9.44.